The van der Waals surface area contributed by atoms with Crippen LogP contribution in [0.1, 0.15) is 50.4 Å². The van der Waals surface area contributed by atoms with Gasteiger partial charge in [-0.2, -0.15) is 0 Å². The van der Waals surface area contributed by atoms with Crippen LogP contribution in [0.15, 0.2) is 30.3 Å². The minimum absolute atomic E-state index is 0.142. The molecule has 0 aromatic heterocycles. The van der Waals surface area contributed by atoms with E-state index in [1.54, 1.807) is 24.3 Å². The van der Waals surface area contributed by atoms with Gasteiger partial charge < -0.3 is 4.90 Å². The predicted octanol–water partition coefficient (Wildman–Crippen LogP) is 3.44. The average Bonchev–Trinajstić information content (AvgIpc) is 2.80. The third-order valence-electron chi connectivity index (χ3n) is 5.90. The summed E-state index contributed by atoms with van der Waals surface area (Å²) < 4.78 is 0. The molecule has 118 valence electrons. The van der Waals surface area contributed by atoms with Gasteiger partial charge in [0.15, 0.2) is 0 Å². The fourth-order valence-electron chi connectivity index (χ4n) is 3.85. The number of carbonyl (C=O) groups excluding carboxylic acids is 2. The van der Waals surface area contributed by atoms with Crippen LogP contribution in [-0.4, -0.2) is 29.4 Å². The standard InChI is InChI=1S/C18H24N2O2/c1-17(2)10-9-14-11-18(17,3)12-20(14)16(22)19-15(21)13-7-5-4-6-8-13/h4-8,14H,9-12H2,1-3H3,(H,19,21,22). The molecule has 2 fully saturated rings. The van der Waals surface area contributed by atoms with E-state index in [9.17, 15) is 9.59 Å². The van der Waals surface area contributed by atoms with Crippen molar-refractivity contribution in [2.45, 2.75) is 46.1 Å². The summed E-state index contributed by atoms with van der Waals surface area (Å²) in [6.07, 6.45) is 3.19. The summed E-state index contributed by atoms with van der Waals surface area (Å²) in [6, 6.07) is 8.90. The second-order valence-electron chi connectivity index (χ2n) is 7.59. The zero-order valence-corrected chi connectivity index (χ0v) is 13.6. The summed E-state index contributed by atoms with van der Waals surface area (Å²) >= 11 is 0. The van der Waals surface area contributed by atoms with Gasteiger partial charge in [-0.25, -0.2) is 4.79 Å². The number of urea groups is 1. The first kappa shape index (κ1) is 15.1. The predicted molar refractivity (Wildman–Crippen MR) is 85.5 cm³/mol. The lowest BCUT2D eigenvalue weighted by molar-refractivity contribution is 0.0709. The first-order chi connectivity index (χ1) is 10.3. The van der Waals surface area contributed by atoms with Gasteiger partial charge in [-0.3, -0.25) is 10.1 Å². The molecule has 4 nitrogen and oxygen atoms in total. The minimum Gasteiger partial charge on any atom is -0.321 e. The maximum Gasteiger partial charge on any atom is 0.324 e. The normalized spacial score (nSPS) is 29.2. The molecule has 1 saturated heterocycles. The number of hydrogen-bond acceptors (Lipinski definition) is 2. The molecule has 1 aliphatic heterocycles. The number of carbonyl (C=O) groups is 2. The van der Waals surface area contributed by atoms with E-state index in [2.05, 4.69) is 26.1 Å². The molecule has 1 saturated carbocycles. The monoisotopic (exact) mass is 300 g/mol. The van der Waals surface area contributed by atoms with Crippen LogP contribution in [0.25, 0.3) is 0 Å². The van der Waals surface area contributed by atoms with Gasteiger partial charge in [0.25, 0.3) is 5.91 Å². The van der Waals surface area contributed by atoms with E-state index in [-0.39, 0.29) is 28.8 Å². The van der Waals surface area contributed by atoms with E-state index in [1.807, 2.05) is 11.0 Å². The number of nitrogens with one attached hydrogen (secondary N) is 1. The number of fused-ring (bicyclic) bond motifs is 2. The van der Waals surface area contributed by atoms with E-state index >= 15 is 0 Å². The molecule has 0 spiro atoms. The van der Waals surface area contributed by atoms with Crippen LogP contribution in [0.2, 0.25) is 0 Å². The van der Waals surface area contributed by atoms with Crippen molar-refractivity contribution in [3.05, 3.63) is 35.9 Å². The maximum absolute atomic E-state index is 12.5. The second kappa shape index (κ2) is 5.11. The van der Waals surface area contributed by atoms with E-state index in [0.717, 1.165) is 25.8 Å². The van der Waals surface area contributed by atoms with Gasteiger partial charge in [0, 0.05) is 18.2 Å². The highest BCUT2D eigenvalue weighted by molar-refractivity contribution is 6.04. The Labute approximate surface area is 131 Å². The molecule has 2 bridgehead atoms. The van der Waals surface area contributed by atoms with Crippen LogP contribution >= 0.6 is 0 Å². The Morgan fingerprint density at radius 3 is 2.50 bits per heavy atom. The molecule has 1 N–H and O–H groups in total. The van der Waals surface area contributed by atoms with Crippen molar-refractivity contribution < 1.29 is 9.59 Å². The molecule has 2 atom stereocenters. The SMILES string of the molecule is CC1(C)CCC2CC1(C)CN2C(=O)NC(=O)c1ccccc1. The molecular weight excluding hydrogens is 276 g/mol. The third kappa shape index (κ3) is 2.40. The lowest BCUT2D eigenvalue weighted by atomic mass is 9.60. The Hall–Kier alpha value is -1.84. The van der Waals surface area contributed by atoms with E-state index < -0.39 is 0 Å². The number of nitrogens with zero attached hydrogens (tertiary/aromatic N) is 1. The molecule has 2 unspecified atom stereocenters. The molecule has 1 heterocycles. The van der Waals surface area contributed by atoms with Crippen LogP contribution in [0.3, 0.4) is 0 Å². The summed E-state index contributed by atoms with van der Waals surface area (Å²) in [5.41, 5.74) is 0.898. The molecular formula is C18H24N2O2. The Kier molecular flexibility index (Phi) is 3.50. The van der Waals surface area contributed by atoms with E-state index in [1.165, 1.54) is 0 Å². The van der Waals surface area contributed by atoms with Crippen LogP contribution in [0.5, 0.6) is 0 Å². The summed E-state index contributed by atoms with van der Waals surface area (Å²) in [7, 11) is 0. The number of likely N-dealkylation sites (tertiary alicyclic amines) is 1. The van der Waals surface area contributed by atoms with Gasteiger partial charge in [0.1, 0.15) is 0 Å². The average molecular weight is 300 g/mol. The minimum atomic E-state index is -0.323. The Morgan fingerprint density at radius 2 is 1.86 bits per heavy atom. The van der Waals surface area contributed by atoms with Gasteiger partial charge in [-0.1, -0.05) is 39.0 Å². The number of imide groups is 1. The molecule has 22 heavy (non-hydrogen) atoms. The van der Waals surface area contributed by atoms with Crippen molar-refractivity contribution in [2.75, 3.05) is 6.54 Å². The van der Waals surface area contributed by atoms with Crippen molar-refractivity contribution in [1.82, 2.24) is 10.2 Å². The van der Waals surface area contributed by atoms with Gasteiger partial charge >= 0.3 is 6.03 Å². The van der Waals surface area contributed by atoms with Crippen molar-refractivity contribution >= 4 is 11.9 Å². The number of amides is 3. The zero-order chi connectivity index (χ0) is 16.0. The zero-order valence-electron chi connectivity index (χ0n) is 13.6. The first-order valence-electron chi connectivity index (χ1n) is 7.99. The van der Waals surface area contributed by atoms with Crippen molar-refractivity contribution in [1.29, 1.82) is 0 Å². The maximum atomic E-state index is 12.5. The van der Waals surface area contributed by atoms with Crippen molar-refractivity contribution in [2.24, 2.45) is 10.8 Å². The van der Waals surface area contributed by atoms with Gasteiger partial charge in [-0.05, 0) is 42.2 Å². The molecule has 3 rings (SSSR count). The van der Waals surface area contributed by atoms with Crippen LogP contribution in [0.4, 0.5) is 4.79 Å². The highest BCUT2D eigenvalue weighted by atomic mass is 16.2. The summed E-state index contributed by atoms with van der Waals surface area (Å²) in [5.74, 6) is -0.323. The quantitative estimate of drug-likeness (QED) is 0.863. The number of benzene rings is 1. The summed E-state index contributed by atoms with van der Waals surface area (Å²) in [4.78, 5) is 26.5. The molecule has 2 aliphatic rings. The van der Waals surface area contributed by atoms with Crippen LogP contribution < -0.4 is 5.32 Å². The summed E-state index contributed by atoms with van der Waals surface area (Å²) in [6.45, 7) is 7.59. The topological polar surface area (TPSA) is 49.4 Å². The molecule has 1 aromatic rings. The molecule has 1 aromatic carbocycles. The fraction of sp³-hybridized carbons (Fsp3) is 0.556. The Morgan fingerprint density at radius 1 is 1.18 bits per heavy atom. The number of rotatable bonds is 1. The molecule has 3 amide bonds. The second-order valence-corrected chi connectivity index (χ2v) is 7.59. The number of hydrogen-bond donors (Lipinski definition) is 1. The van der Waals surface area contributed by atoms with Crippen LogP contribution in [-0.2, 0) is 0 Å². The van der Waals surface area contributed by atoms with Crippen LogP contribution in [0, 0.1) is 10.8 Å². The largest absolute Gasteiger partial charge is 0.324 e. The Bertz CT molecular complexity index is 596. The lowest BCUT2D eigenvalue weighted by Crippen LogP contribution is -2.45. The highest BCUT2D eigenvalue weighted by Gasteiger charge is 2.54. The van der Waals surface area contributed by atoms with Gasteiger partial charge in [0.2, 0.25) is 0 Å². The van der Waals surface area contributed by atoms with Crippen molar-refractivity contribution in [3.63, 3.8) is 0 Å². The molecule has 1 aliphatic carbocycles. The smallest absolute Gasteiger partial charge is 0.321 e. The lowest BCUT2D eigenvalue weighted by Gasteiger charge is -2.44. The van der Waals surface area contributed by atoms with Gasteiger partial charge in [0.05, 0.1) is 0 Å². The first-order valence-corrected chi connectivity index (χ1v) is 7.99. The fourth-order valence-corrected chi connectivity index (χ4v) is 3.85. The third-order valence-corrected chi connectivity index (χ3v) is 5.90. The van der Waals surface area contributed by atoms with E-state index in [0.29, 0.717) is 5.56 Å². The van der Waals surface area contributed by atoms with E-state index in [4.69, 9.17) is 0 Å². The van der Waals surface area contributed by atoms with Gasteiger partial charge in [-0.15, -0.1) is 0 Å². The molecule has 0 radical (unpaired) electrons. The molecule has 4 heteroatoms. The Balaban J connectivity index is 1.71. The highest BCUT2D eigenvalue weighted by Crippen LogP contribution is 2.55. The summed E-state index contributed by atoms with van der Waals surface area (Å²) in [5, 5.41) is 2.54. The van der Waals surface area contributed by atoms with Crippen molar-refractivity contribution in [3.8, 4) is 0 Å².